The molecular weight excluding hydrogens is 300 g/mol. The summed E-state index contributed by atoms with van der Waals surface area (Å²) in [6.07, 6.45) is -0.525. The second kappa shape index (κ2) is 8.50. The third-order valence-electron chi connectivity index (χ3n) is 3.72. The van der Waals surface area contributed by atoms with E-state index in [2.05, 4.69) is 43.7 Å². The van der Waals surface area contributed by atoms with Crippen LogP contribution in [-0.4, -0.2) is 26.1 Å². The molecule has 0 unspecified atom stereocenters. The van der Waals surface area contributed by atoms with Crippen molar-refractivity contribution in [1.29, 1.82) is 0 Å². The summed E-state index contributed by atoms with van der Waals surface area (Å²) in [5, 5.41) is 2.92. The van der Waals surface area contributed by atoms with Crippen LogP contribution in [0.2, 0.25) is 0 Å². The lowest BCUT2D eigenvalue weighted by Gasteiger charge is -2.15. The van der Waals surface area contributed by atoms with Crippen molar-refractivity contribution >= 4 is 5.91 Å². The van der Waals surface area contributed by atoms with Crippen molar-refractivity contribution < 1.29 is 14.4 Å². The molecule has 0 fully saturated rings. The maximum absolute atomic E-state index is 12.2. The van der Waals surface area contributed by atoms with E-state index in [0.717, 1.165) is 17.7 Å². The fraction of sp³-hybridized carbons (Fsp3) is 0.350. The molecule has 2 aromatic rings. The van der Waals surface area contributed by atoms with Gasteiger partial charge in [0.15, 0.2) is 6.10 Å². The summed E-state index contributed by atoms with van der Waals surface area (Å²) >= 11 is 0. The average Bonchev–Trinajstić information content (AvgIpc) is 2.53. The Kier molecular flexibility index (Phi) is 6.38. The van der Waals surface area contributed by atoms with E-state index in [-0.39, 0.29) is 5.91 Å². The molecule has 0 aliphatic rings. The summed E-state index contributed by atoms with van der Waals surface area (Å²) in [6, 6.07) is 16.1. The van der Waals surface area contributed by atoms with Crippen LogP contribution in [0.25, 0.3) is 0 Å². The Labute approximate surface area is 144 Å². The predicted octanol–water partition coefficient (Wildman–Crippen LogP) is 1.72. The van der Waals surface area contributed by atoms with Gasteiger partial charge in [-0.15, -0.1) is 0 Å². The molecule has 1 amide bonds. The van der Waals surface area contributed by atoms with Crippen LogP contribution in [0.4, 0.5) is 0 Å². The number of amides is 1. The van der Waals surface area contributed by atoms with E-state index in [1.807, 2.05) is 31.2 Å². The average molecular weight is 327 g/mol. The van der Waals surface area contributed by atoms with E-state index in [1.54, 1.807) is 6.92 Å². The van der Waals surface area contributed by atoms with Crippen LogP contribution < -0.4 is 15.0 Å². The minimum absolute atomic E-state index is 0.113. The van der Waals surface area contributed by atoms with E-state index in [0.29, 0.717) is 12.3 Å². The molecular formula is C20H27N2O2+. The minimum atomic E-state index is -0.525. The van der Waals surface area contributed by atoms with E-state index in [9.17, 15) is 4.79 Å². The summed E-state index contributed by atoms with van der Waals surface area (Å²) in [5.74, 6) is 0.603. The number of aryl methyl sites for hydroxylation is 1. The summed E-state index contributed by atoms with van der Waals surface area (Å²) in [4.78, 5) is 13.6. The Morgan fingerprint density at radius 1 is 1.12 bits per heavy atom. The van der Waals surface area contributed by atoms with Crippen LogP contribution >= 0.6 is 0 Å². The number of nitrogens with one attached hydrogen (secondary N) is 2. The topological polar surface area (TPSA) is 42.8 Å². The first-order valence-electron chi connectivity index (χ1n) is 8.32. The predicted molar refractivity (Wildman–Crippen MR) is 96.1 cm³/mol. The zero-order valence-corrected chi connectivity index (χ0v) is 14.9. The third-order valence-corrected chi connectivity index (χ3v) is 3.72. The fourth-order valence-corrected chi connectivity index (χ4v) is 2.46. The van der Waals surface area contributed by atoms with Gasteiger partial charge in [0.25, 0.3) is 5.91 Å². The van der Waals surface area contributed by atoms with E-state index < -0.39 is 6.10 Å². The van der Waals surface area contributed by atoms with E-state index >= 15 is 0 Å². The van der Waals surface area contributed by atoms with E-state index in [4.69, 9.17) is 4.74 Å². The van der Waals surface area contributed by atoms with E-state index in [1.165, 1.54) is 10.5 Å². The first kappa shape index (κ1) is 18.0. The lowest BCUT2D eigenvalue weighted by Crippen LogP contribution is -3.04. The quantitative estimate of drug-likeness (QED) is 0.813. The summed E-state index contributed by atoms with van der Waals surface area (Å²) in [5.41, 5.74) is 3.49. The number of quaternary nitrogens is 1. The summed E-state index contributed by atoms with van der Waals surface area (Å²) in [7, 11) is 4.26. The molecule has 1 atom stereocenters. The molecule has 2 aromatic carbocycles. The first-order chi connectivity index (χ1) is 11.4. The molecule has 4 heteroatoms. The fourth-order valence-electron chi connectivity index (χ4n) is 2.46. The molecule has 0 aliphatic carbocycles. The maximum atomic E-state index is 12.2. The Balaban J connectivity index is 1.83. The zero-order chi connectivity index (χ0) is 17.5. The molecule has 0 heterocycles. The van der Waals surface area contributed by atoms with Gasteiger partial charge in [0.05, 0.1) is 14.1 Å². The van der Waals surface area contributed by atoms with Gasteiger partial charge >= 0.3 is 0 Å². The summed E-state index contributed by atoms with van der Waals surface area (Å²) < 4.78 is 5.69. The van der Waals surface area contributed by atoms with Gasteiger partial charge in [-0.2, -0.15) is 0 Å². The second-order valence-corrected chi connectivity index (χ2v) is 6.49. The Morgan fingerprint density at radius 3 is 2.42 bits per heavy atom. The van der Waals surface area contributed by atoms with Gasteiger partial charge < -0.3 is 15.0 Å². The number of hydrogen-bond donors (Lipinski definition) is 2. The standard InChI is InChI=1S/C20H26N2O2/c1-15-6-5-7-19(12-15)24-16(2)20(23)21-13-17-8-10-18(11-9-17)14-22(3)4/h5-12,16H,13-14H2,1-4H3,(H,21,23)/p+1/t16-/m1/s1. The van der Waals surface area contributed by atoms with Crippen molar-refractivity contribution in [2.45, 2.75) is 33.0 Å². The smallest absolute Gasteiger partial charge is 0.261 e. The first-order valence-corrected chi connectivity index (χ1v) is 8.32. The van der Waals surface area contributed by atoms with Gasteiger partial charge in [0.1, 0.15) is 12.3 Å². The molecule has 0 spiro atoms. The van der Waals surface area contributed by atoms with Gasteiger partial charge in [-0.1, -0.05) is 36.4 Å². The zero-order valence-electron chi connectivity index (χ0n) is 14.9. The molecule has 0 saturated carbocycles. The number of hydrogen-bond acceptors (Lipinski definition) is 2. The van der Waals surface area contributed by atoms with Crippen LogP contribution in [0.15, 0.2) is 48.5 Å². The number of carbonyl (C=O) groups is 1. The number of ether oxygens (including phenoxy) is 1. The highest BCUT2D eigenvalue weighted by atomic mass is 16.5. The van der Waals surface area contributed by atoms with Crippen molar-refractivity contribution in [1.82, 2.24) is 5.32 Å². The van der Waals surface area contributed by atoms with Gasteiger partial charge in [-0.3, -0.25) is 4.79 Å². The number of rotatable bonds is 7. The molecule has 24 heavy (non-hydrogen) atoms. The van der Waals surface area contributed by atoms with Crippen LogP contribution in [0.1, 0.15) is 23.6 Å². The monoisotopic (exact) mass is 327 g/mol. The lowest BCUT2D eigenvalue weighted by molar-refractivity contribution is -0.872. The largest absolute Gasteiger partial charge is 0.481 e. The molecule has 0 aliphatic heterocycles. The van der Waals surface area contributed by atoms with Crippen molar-refractivity contribution in [3.63, 3.8) is 0 Å². The highest BCUT2D eigenvalue weighted by molar-refractivity contribution is 5.80. The van der Waals surface area contributed by atoms with Crippen molar-refractivity contribution in [2.75, 3.05) is 14.1 Å². The molecule has 0 aromatic heterocycles. The Morgan fingerprint density at radius 2 is 1.79 bits per heavy atom. The Bertz CT molecular complexity index is 666. The van der Waals surface area contributed by atoms with Crippen molar-refractivity contribution in [2.24, 2.45) is 0 Å². The molecule has 0 saturated heterocycles. The highest BCUT2D eigenvalue weighted by Gasteiger charge is 2.14. The number of carbonyl (C=O) groups excluding carboxylic acids is 1. The van der Waals surface area contributed by atoms with Crippen LogP contribution in [-0.2, 0) is 17.9 Å². The third kappa shape index (κ3) is 5.70. The minimum Gasteiger partial charge on any atom is -0.481 e. The molecule has 128 valence electrons. The molecule has 0 radical (unpaired) electrons. The van der Waals surface area contributed by atoms with Gasteiger partial charge in [0.2, 0.25) is 0 Å². The van der Waals surface area contributed by atoms with Gasteiger partial charge in [-0.05, 0) is 37.1 Å². The van der Waals surface area contributed by atoms with Gasteiger partial charge in [0, 0.05) is 12.1 Å². The van der Waals surface area contributed by atoms with Crippen molar-refractivity contribution in [3.05, 3.63) is 65.2 Å². The molecule has 2 rings (SSSR count). The second-order valence-electron chi connectivity index (χ2n) is 6.49. The van der Waals surface area contributed by atoms with Gasteiger partial charge in [-0.25, -0.2) is 0 Å². The van der Waals surface area contributed by atoms with Crippen LogP contribution in [0, 0.1) is 6.92 Å². The van der Waals surface area contributed by atoms with Crippen LogP contribution in [0.5, 0.6) is 5.75 Å². The van der Waals surface area contributed by atoms with Crippen LogP contribution in [0.3, 0.4) is 0 Å². The molecule has 0 bridgehead atoms. The Hall–Kier alpha value is -2.33. The molecule has 2 N–H and O–H groups in total. The molecule has 4 nitrogen and oxygen atoms in total. The summed E-state index contributed by atoms with van der Waals surface area (Å²) in [6.45, 7) is 5.27. The highest BCUT2D eigenvalue weighted by Crippen LogP contribution is 2.14. The lowest BCUT2D eigenvalue weighted by atomic mass is 10.1. The normalized spacial score (nSPS) is 12.0. The number of benzene rings is 2. The van der Waals surface area contributed by atoms with Crippen molar-refractivity contribution in [3.8, 4) is 5.75 Å². The SMILES string of the molecule is Cc1cccc(O[C@H](C)C(=O)NCc2ccc(C[NH+](C)C)cc2)c1. The maximum Gasteiger partial charge on any atom is 0.261 e.